The van der Waals surface area contributed by atoms with E-state index in [1.165, 1.54) is 12.1 Å². The van der Waals surface area contributed by atoms with Gasteiger partial charge in [0.2, 0.25) is 5.91 Å². The van der Waals surface area contributed by atoms with Gasteiger partial charge in [0.25, 0.3) is 5.69 Å². The molecule has 0 bridgehead atoms. The van der Waals surface area contributed by atoms with Crippen molar-refractivity contribution in [3.05, 3.63) is 64.2 Å². The zero-order valence-corrected chi connectivity index (χ0v) is 12.9. The molecular weight excluding hydrogens is 337 g/mol. The van der Waals surface area contributed by atoms with Crippen molar-refractivity contribution < 1.29 is 22.9 Å². The molecule has 0 aliphatic rings. The van der Waals surface area contributed by atoms with E-state index in [0.29, 0.717) is 0 Å². The Morgan fingerprint density at radius 2 is 1.76 bits per heavy atom. The molecule has 3 aromatic rings. The molecule has 0 saturated carbocycles. The van der Waals surface area contributed by atoms with Crippen LogP contribution in [0.1, 0.15) is 17.3 Å². The second-order valence-corrected chi connectivity index (χ2v) is 5.40. The Bertz CT molecular complexity index is 992. The summed E-state index contributed by atoms with van der Waals surface area (Å²) in [6, 6.07) is 10.7. The molecule has 5 nitrogen and oxygen atoms in total. The minimum atomic E-state index is -4.74. The third-order valence-electron chi connectivity index (χ3n) is 3.81. The molecule has 3 rings (SSSR count). The number of carbonyl (C=O) groups excluding carboxylic acids is 1. The van der Waals surface area contributed by atoms with Gasteiger partial charge in [-0.3, -0.25) is 19.5 Å². The fraction of sp³-hybridized carbons (Fsp3) is 0.118. The second kappa shape index (κ2) is 5.73. The van der Waals surface area contributed by atoms with Crippen LogP contribution in [0.5, 0.6) is 0 Å². The van der Waals surface area contributed by atoms with Crippen LogP contribution < -0.4 is 0 Å². The molecule has 128 valence electrons. The third kappa shape index (κ3) is 2.75. The van der Waals surface area contributed by atoms with Crippen LogP contribution in [0.2, 0.25) is 0 Å². The molecule has 0 spiro atoms. The van der Waals surface area contributed by atoms with Crippen LogP contribution in [0.3, 0.4) is 0 Å². The molecule has 0 atom stereocenters. The summed E-state index contributed by atoms with van der Waals surface area (Å²) in [5, 5.41) is 10.7. The quantitative estimate of drug-likeness (QED) is 0.489. The molecule has 25 heavy (non-hydrogen) atoms. The van der Waals surface area contributed by atoms with Crippen molar-refractivity contribution in [1.29, 1.82) is 0 Å². The topological polar surface area (TPSA) is 65.1 Å². The van der Waals surface area contributed by atoms with E-state index < -0.39 is 22.6 Å². The summed E-state index contributed by atoms with van der Waals surface area (Å²) in [5.41, 5.74) is -1.65. The first-order valence-corrected chi connectivity index (χ1v) is 7.18. The Balaban J connectivity index is 2.53. The number of nitro benzene ring substituents is 1. The van der Waals surface area contributed by atoms with Crippen LogP contribution in [0.25, 0.3) is 22.2 Å². The fourth-order valence-corrected chi connectivity index (χ4v) is 2.87. The molecule has 1 aromatic heterocycles. The summed E-state index contributed by atoms with van der Waals surface area (Å²) >= 11 is 0. The zero-order valence-electron chi connectivity index (χ0n) is 12.9. The van der Waals surface area contributed by atoms with Crippen molar-refractivity contribution in [2.45, 2.75) is 13.1 Å². The fourth-order valence-electron chi connectivity index (χ4n) is 2.87. The highest BCUT2D eigenvalue weighted by atomic mass is 19.4. The highest BCUT2D eigenvalue weighted by Crippen LogP contribution is 2.44. The van der Waals surface area contributed by atoms with E-state index >= 15 is 0 Å². The van der Waals surface area contributed by atoms with Gasteiger partial charge in [-0.05, 0) is 11.6 Å². The van der Waals surface area contributed by atoms with Crippen LogP contribution in [-0.2, 0) is 6.18 Å². The zero-order chi connectivity index (χ0) is 18.4. The lowest BCUT2D eigenvalue weighted by molar-refractivity contribution is -0.384. The Labute approximate surface area is 139 Å². The largest absolute Gasteiger partial charge is 0.419 e. The molecule has 1 heterocycles. The highest BCUT2D eigenvalue weighted by molar-refractivity contribution is 6.01. The van der Waals surface area contributed by atoms with E-state index in [0.717, 1.165) is 29.7 Å². The van der Waals surface area contributed by atoms with Crippen LogP contribution in [-0.4, -0.2) is 15.4 Å². The number of nitrogens with zero attached hydrogens (tertiary/aromatic N) is 2. The van der Waals surface area contributed by atoms with Crippen molar-refractivity contribution >= 4 is 22.5 Å². The average molecular weight is 348 g/mol. The molecule has 0 unspecified atom stereocenters. The molecule has 0 amide bonds. The molecule has 0 fully saturated rings. The first kappa shape index (κ1) is 16.7. The summed E-state index contributed by atoms with van der Waals surface area (Å²) in [6.07, 6.45) is -4.74. The van der Waals surface area contributed by atoms with E-state index in [1.807, 2.05) is 0 Å². The van der Waals surface area contributed by atoms with Gasteiger partial charge in [0.1, 0.15) is 0 Å². The van der Waals surface area contributed by atoms with Crippen molar-refractivity contribution in [1.82, 2.24) is 4.57 Å². The molecule has 0 aliphatic heterocycles. The number of fused-ring (bicyclic) bond motifs is 1. The molecule has 8 heteroatoms. The Kier molecular flexibility index (Phi) is 3.82. The first-order valence-electron chi connectivity index (χ1n) is 7.18. The van der Waals surface area contributed by atoms with Crippen LogP contribution in [0, 0.1) is 10.1 Å². The van der Waals surface area contributed by atoms with E-state index in [2.05, 4.69) is 0 Å². The molecule has 0 aliphatic carbocycles. The van der Waals surface area contributed by atoms with Gasteiger partial charge in [-0.25, -0.2) is 0 Å². The Morgan fingerprint density at radius 3 is 2.28 bits per heavy atom. The maximum Gasteiger partial charge on any atom is 0.419 e. The Hall–Kier alpha value is -3.16. The number of non-ortho nitro benzene ring substituents is 1. The Morgan fingerprint density at radius 1 is 1.12 bits per heavy atom. The SMILES string of the molecule is CC(=O)n1c(-c2ccccc2)c(C(F)(F)F)c2ccc([N+](=O)[O-])cc21. The summed E-state index contributed by atoms with van der Waals surface area (Å²) in [7, 11) is 0. The van der Waals surface area contributed by atoms with Crippen molar-refractivity contribution in [2.24, 2.45) is 0 Å². The van der Waals surface area contributed by atoms with Gasteiger partial charge < -0.3 is 0 Å². The lowest BCUT2D eigenvalue weighted by Gasteiger charge is -2.11. The van der Waals surface area contributed by atoms with Gasteiger partial charge in [0.05, 0.1) is 21.7 Å². The van der Waals surface area contributed by atoms with Crippen LogP contribution >= 0.6 is 0 Å². The predicted molar refractivity (Wildman–Crippen MR) is 85.3 cm³/mol. The number of alkyl halides is 3. The maximum absolute atomic E-state index is 13.7. The standard InChI is InChI=1S/C17H11F3N2O3/c1-10(23)21-14-9-12(22(24)25)7-8-13(14)15(17(18,19)20)16(21)11-5-3-2-4-6-11/h2-9H,1H3. The van der Waals surface area contributed by atoms with E-state index in [1.54, 1.807) is 18.2 Å². The molecule has 0 N–H and O–H groups in total. The molecular formula is C17H11F3N2O3. The van der Waals surface area contributed by atoms with Gasteiger partial charge >= 0.3 is 6.18 Å². The number of carbonyl (C=O) groups is 1. The van der Waals surface area contributed by atoms with Gasteiger partial charge in [-0.2, -0.15) is 13.2 Å². The number of hydrogen-bond acceptors (Lipinski definition) is 3. The van der Waals surface area contributed by atoms with Crippen molar-refractivity contribution in [2.75, 3.05) is 0 Å². The number of aromatic nitrogens is 1. The third-order valence-corrected chi connectivity index (χ3v) is 3.81. The minimum absolute atomic E-state index is 0.145. The second-order valence-electron chi connectivity index (χ2n) is 5.40. The number of nitro groups is 1. The summed E-state index contributed by atoms with van der Waals surface area (Å²) in [6.45, 7) is 1.12. The number of rotatable bonds is 2. The lowest BCUT2D eigenvalue weighted by Crippen LogP contribution is -2.11. The van der Waals surface area contributed by atoms with Crippen LogP contribution in [0.4, 0.5) is 18.9 Å². The van der Waals surface area contributed by atoms with Gasteiger partial charge in [-0.1, -0.05) is 30.3 Å². The van der Waals surface area contributed by atoms with Crippen molar-refractivity contribution in [3.8, 4) is 11.3 Å². The summed E-state index contributed by atoms with van der Waals surface area (Å²) in [5.74, 6) is -0.667. The maximum atomic E-state index is 13.7. The van der Waals surface area contributed by atoms with E-state index in [4.69, 9.17) is 0 Å². The smallest absolute Gasteiger partial charge is 0.279 e. The van der Waals surface area contributed by atoms with Gasteiger partial charge in [0, 0.05) is 24.4 Å². The predicted octanol–water partition coefficient (Wildman–Crippen LogP) is 4.90. The normalized spacial score (nSPS) is 11.7. The van der Waals surface area contributed by atoms with Crippen molar-refractivity contribution in [3.63, 3.8) is 0 Å². The van der Waals surface area contributed by atoms with Crippen LogP contribution in [0.15, 0.2) is 48.5 Å². The molecule has 0 saturated heterocycles. The minimum Gasteiger partial charge on any atom is -0.279 e. The van der Waals surface area contributed by atoms with Gasteiger partial charge in [0.15, 0.2) is 0 Å². The van der Waals surface area contributed by atoms with Gasteiger partial charge in [-0.15, -0.1) is 0 Å². The number of hydrogen-bond donors (Lipinski definition) is 0. The lowest BCUT2D eigenvalue weighted by atomic mass is 10.0. The monoisotopic (exact) mass is 348 g/mol. The number of halogens is 3. The number of benzene rings is 2. The summed E-state index contributed by atoms with van der Waals surface area (Å²) in [4.78, 5) is 22.4. The molecule has 2 aromatic carbocycles. The first-order chi connectivity index (χ1) is 11.7. The molecule has 0 radical (unpaired) electrons. The highest BCUT2D eigenvalue weighted by Gasteiger charge is 2.40. The van der Waals surface area contributed by atoms with E-state index in [9.17, 15) is 28.1 Å². The average Bonchev–Trinajstić information content (AvgIpc) is 2.90. The van der Waals surface area contributed by atoms with E-state index in [-0.39, 0.29) is 27.8 Å². The summed E-state index contributed by atoms with van der Waals surface area (Å²) < 4.78 is 42.1.